The number of halogens is 1. The summed E-state index contributed by atoms with van der Waals surface area (Å²) in [6.07, 6.45) is 1.22. The summed E-state index contributed by atoms with van der Waals surface area (Å²) in [5, 5.41) is 3.65. The van der Waals surface area contributed by atoms with Crippen LogP contribution in [0.1, 0.15) is 36.7 Å². The second kappa shape index (κ2) is 6.03. The molecule has 0 atom stereocenters. The van der Waals surface area contributed by atoms with E-state index >= 15 is 0 Å². The smallest absolute Gasteiger partial charge is 0.261 e. The Kier molecular flexibility index (Phi) is 4.53. The second-order valence-electron chi connectivity index (χ2n) is 4.88. The molecule has 0 saturated heterocycles. The van der Waals surface area contributed by atoms with Gasteiger partial charge in [0.2, 0.25) is 12.2 Å². The molecule has 0 fully saturated rings. The molecule has 0 radical (unpaired) electrons. The van der Waals surface area contributed by atoms with Gasteiger partial charge in [0, 0.05) is 10.7 Å². The highest BCUT2D eigenvalue weighted by molar-refractivity contribution is 8.13. The zero-order valence-electron chi connectivity index (χ0n) is 11.8. The highest BCUT2D eigenvalue weighted by Crippen LogP contribution is 2.33. The van der Waals surface area contributed by atoms with Crippen LogP contribution < -0.4 is 4.74 Å². The maximum Gasteiger partial charge on any atom is 0.261 e. The van der Waals surface area contributed by atoms with E-state index in [0.29, 0.717) is 22.7 Å². The van der Waals surface area contributed by atoms with Crippen molar-refractivity contribution in [3.63, 3.8) is 0 Å². The summed E-state index contributed by atoms with van der Waals surface area (Å²) < 4.78 is 33.6. The molecule has 6 nitrogen and oxygen atoms in total. The molecule has 0 aliphatic rings. The number of benzene rings is 1. The lowest BCUT2D eigenvalue weighted by atomic mass is 10.0. The quantitative estimate of drug-likeness (QED) is 0.784. The summed E-state index contributed by atoms with van der Waals surface area (Å²) in [4.78, 5) is 3.97. The maximum atomic E-state index is 11.7. The molecule has 0 amide bonds. The predicted octanol–water partition coefficient (Wildman–Crippen LogP) is 3.01. The Morgan fingerprint density at radius 2 is 2.10 bits per heavy atom. The lowest BCUT2D eigenvalue weighted by Crippen LogP contribution is -2.04. The number of aromatic nitrogens is 2. The molecule has 0 aliphatic carbocycles. The van der Waals surface area contributed by atoms with Crippen LogP contribution in [0.15, 0.2) is 27.9 Å². The van der Waals surface area contributed by atoms with Crippen molar-refractivity contribution in [1.82, 2.24) is 10.1 Å². The Morgan fingerprint density at radius 3 is 2.62 bits per heavy atom. The van der Waals surface area contributed by atoms with Gasteiger partial charge in [-0.3, -0.25) is 0 Å². The van der Waals surface area contributed by atoms with Gasteiger partial charge in [0.05, 0.1) is 4.90 Å². The molecular weight excluding hydrogens is 316 g/mol. The average Bonchev–Trinajstić information content (AvgIpc) is 2.88. The lowest BCUT2D eigenvalue weighted by Gasteiger charge is -2.15. The number of hydrogen-bond donors (Lipinski definition) is 0. The summed E-state index contributed by atoms with van der Waals surface area (Å²) >= 11 is 0. The maximum absolute atomic E-state index is 11.7. The van der Waals surface area contributed by atoms with Crippen LogP contribution in [-0.4, -0.2) is 18.6 Å². The highest BCUT2D eigenvalue weighted by atomic mass is 35.7. The van der Waals surface area contributed by atoms with Crippen LogP contribution >= 0.6 is 10.7 Å². The van der Waals surface area contributed by atoms with Gasteiger partial charge in [0.1, 0.15) is 5.75 Å². The van der Waals surface area contributed by atoms with E-state index < -0.39 is 9.05 Å². The SMILES string of the molecule is Cc1cc(S(=O)(=O)Cl)c(C(C)C)cc1OCc1ncon1. The predicted molar refractivity (Wildman–Crippen MR) is 76.9 cm³/mol. The molecule has 2 rings (SSSR count). The average molecular weight is 331 g/mol. The minimum Gasteiger partial charge on any atom is -0.485 e. The van der Waals surface area contributed by atoms with Crippen molar-refractivity contribution in [2.24, 2.45) is 0 Å². The lowest BCUT2D eigenvalue weighted by molar-refractivity contribution is 0.284. The molecule has 0 unspecified atom stereocenters. The Balaban J connectivity index is 2.37. The molecule has 0 saturated carbocycles. The Morgan fingerprint density at radius 1 is 1.38 bits per heavy atom. The molecule has 0 spiro atoms. The third kappa shape index (κ3) is 3.74. The van der Waals surface area contributed by atoms with Crippen molar-refractivity contribution in [3.8, 4) is 5.75 Å². The van der Waals surface area contributed by atoms with Crippen LogP contribution in [0.5, 0.6) is 5.75 Å². The van der Waals surface area contributed by atoms with Crippen molar-refractivity contribution in [1.29, 1.82) is 0 Å². The molecule has 21 heavy (non-hydrogen) atoms. The zero-order chi connectivity index (χ0) is 15.6. The molecule has 0 aliphatic heterocycles. The van der Waals surface area contributed by atoms with E-state index in [2.05, 4.69) is 14.7 Å². The number of aryl methyl sites for hydroxylation is 1. The van der Waals surface area contributed by atoms with Crippen molar-refractivity contribution < 1.29 is 17.7 Å². The first-order chi connectivity index (χ1) is 9.79. The Labute approximate surface area is 127 Å². The van der Waals surface area contributed by atoms with Gasteiger partial charge in [0.25, 0.3) is 9.05 Å². The number of nitrogens with zero attached hydrogens (tertiary/aromatic N) is 2. The standard InChI is InChI=1S/C13H15ClN2O4S/c1-8(2)10-5-11(19-6-13-15-7-20-16-13)9(3)4-12(10)21(14,17)18/h4-5,7-8H,6H2,1-3H3. The van der Waals surface area contributed by atoms with Crippen LogP contribution in [0.25, 0.3) is 0 Å². The normalized spacial score (nSPS) is 11.9. The molecule has 0 N–H and O–H groups in total. The number of hydrogen-bond acceptors (Lipinski definition) is 6. The summed E-state index contributed by atoms with van der Waals surface area (Å²) in [5.41, 5.74) is 1.28. The van der Waals surface area contributed by atoms with E-state index in [1.807, 2.05) is 13.8 Å². The minimum atomic E-state index is -3.80. The molecule has 0 bridgehead atoms. The van der Waals surface area contributed by atoms with Gasteiger partial charge in [-0.1, -0.05) is 19.0 Å². The molecule has 1 heterocycles. The first-order valence-electron chi connectivity index (χ1n) is 6.26. The fourth-order valence-corrected chi connectivity index (χ4v) is 3.19. The van der Waals surface area contributed by atoms with Crippen LogP contribution in [0.4, 0.5) is 0 Å². The van der Waals surface area contributed by atoms with Gasteiger partial charge < -0.3 is 9.26 Å². The van der Waals surface area contributed by atoms with E-state index in [1.54, 1.807) is 13.0 Å². The fourth-order valence-electron chi connectivity index (χ4n) is 1.89. The van der Waals surface area contributed by atoms with E-state index in [9.17, 15) is 8.42 Å². The Bertz CT molecular complexity index is 727. The van der Waals surface area contributed by atoms with Gasteiger partial charge in [-0.05, 0) is 36.1 Å². The van der Waals surface area contributed by atoms with E-state index in [4.69, 9.17) is 15.4 Å². The molecule has 2 aromatic rings. The van der Waals surface area contributed by atoms with Crippen molar-refractivity contribution in [2.75, 3.05) is 0 Å². The van der Waals surface area contributed by atoms with Crippen LogP contribution in [-0.2, 0) is 15.7 Å². The van der Waals surface area contributed by atoms with Crippen molar-refractivity contribution >= 4 is 19.7 Å². The molecule has 114 valence electrons. The van der Waals surface area contributed by atoms with Crippen LogP contribution in [0.3, 0.4) is 0 Å². The summed E-state index contributed by atoms with van der Waals surface area (Å²) in [6.45, 7) is 5.67. The van der Waals surface area contributed by atoms with Gasteiger partial charge >= 0.3 is 0 Å². The molecule has 1 aromatic carbocycles. The summed E-state index contributed by atoms with van der Waals surface area (Å²) in [7, 11) is 1.69. The van der Waals surface area contributed by atoms with Gasteiger partial charge in [-0.25, -0.2) is 8.42 Å². The van der Waals surface area contributed by atoms with Crippen LogP contribution in [0.2, 0.25) is 0 Å². The minimum absolute atomic E-state index is 0.0124. The van der Waals surface area contributed by atoms with Crippen LogP contribution in [0, 0.1) is 6.92 Å². The number of rotatable bonds is 5. The first kappa shape index (κ1) is 15.8. The fraction of sp³-hybridized carbons (Fsp3) is 0.385. The monoisotopic (exact) mass is 330 g/mol. The van der Waals surface area contributed by atoms with Crippen molar-refractivity contribution in [3.05, 3.63) is 35.5 Å². The Hall–Kier alpha value is -1.60. The molecular formula is C13H15ClN2O4S. The third-order valence-electron chi connectivity index (χ3n) is 2.96. The number of ether oxygens (including phenoxy) is 1. The third-order valence-corrected chi connectivity index (χ3v) is 4.33. The van der Waals surface area contributed by atoms with E-state index in [0.717, 1.165) is 0 Å². The first-order valence-corrected chi connectivity index (χ1v) is 8.57. The van der Waals surface area contributed by atoms with Gasteiger partial charge in [0.15, 0.2) is 6.61 Å². The summed E-state index contributed by atoms with van der Waals surface area (Å²) in [6, 6.07) is 3.21. The van der Waals surface area contributed by atoms with E-state index in [1.165, 1.54) is 12.5 Å². The molecule has 8 heteroatoms. The highest BCUT2D eigenvalue weighted by Gasteiger charge is 2.20. The largest absolute Gasteiger partial charge is 0.485 e. The van der Waals surface area contributed by atoms with Gasteiger partial charge in [-0.2, -0.15) is 4.98 Å². The second-order valence-corrected chi connectivity index (χ2v) is 7.42. The zero-order valence-corrected chi connectivity index (χ0v) is 13.4. The molecule has 1 aromatic heterocycles. The van der Waals surface area contributed by atoms with Crippen molar-refractivity contribution in [2.45, 2.75) is 38.2 Å². The summed E-state index contributed by atoms with van der Waals surface area (Å²) in [5.74, 6) is 0.962. The topological polar surface area (TPSA) is 82.3 Å². The van der Waals surface area contributed by atoms with E-state index in [-0.39, 0.29) is 17.4 Å². The van der Waals surface area contributed by atoms with Gasteiger partial charge in [-0.15, -0.1) is 0 Å².